The van der Waals surface area contributed by atoms with E-state index in [2.05, 4.69) is 12.2 Å². The first-order valence-electron chi connectivity index (χ1n) is 15.6. The van der Waals surface area contributed by atoms with Gasteiger partial charge in [-0.05, 0) is 19.3 Å². The summed E-state index contributed by atoms with van der Waals surface area (Å²) in [7, 11) is 1.25. The summed E-state index contributed by atoms with van der Waals surface area (Å²) in [6.07, 6.45) is 22.1. The highest BCUT2D eigenvalue weighted by Crippen LogP contribution is 2.38. The van der Waals surface area contributed by atoms with E-state index >= 15 is 0 Å². The molecule has 0 heterocycles. The number of quaternary nitrogens is 1. The Balaban J connectivity index is 4.33. The number of phosphoric acid groups is 1. The van der Waals surface area contributed by atoms with Gasteiger partial charge in [0.05, 0.1) is 39.9 Å². The van der Waals surface area contributed by atoms with Gasteiger partial charge in [0.15, 0.2) is 0 Å². The molecule has 9 heteroatoms. The van der Waals surface area contributed by atoms with E-state index < -0.39 is 20.0 Å². The maximum Gasteiger partial charge on any atom is 0.268 e. The fourth-order valence-electron chi connectivity index (χ4n) is 4.13. The predicted molar refractivity (Wildman–Crippen MR) is 159 cm³/mol. The molecule has 0 aromatic rings. The maximum atomic E-state index is 12.3. The van der Waals surface area contributed by atoms with Crippen LogP contribution in [-0.4, -0.2) is 68.5 Å². The second-order valence-corrected chi connectivity index (χ2v) is 13.2. The summed E-state index contributed by atoms with van der Waals surface area (Å²) in [5.74, 6) is -0.235. The number of rotatable bonds is 27. The molecule has 0 saturated heterocycles. The lowest BCUT2D eigenvalue weighted by Crippen LogP contribution is -2.45. The fraction of sp³-hybridized carbons (Fsp3) is 0.900. The van der Waals surface area contributed by atoms with Crippen molar-refractivity contribution in [3.8, 4) is 0 Å². The van der Waals surface area contributed by atoms with Gasteiger partial charge in [-0.15, -0.1) is 0 Å². The number of aliphatic hydroxyl groups excluding tert-OH is 1. The fourth-order valence-corrected chi connectivity index (χ4v) is 4.85. The topological polar surface area (TPSA) is 108 Å². The van der Waals surface area contributed by atoms with Gasteiger partial charge in [0.2, 0.25) is 5.91 Å². The van der Waals surface area contributed by atoms with Crippen molar-refractivity contribution in [3.63, 3.8) is 0 Å². The van der Waals surface area contributed by atoms with Crippen LogP contribution in [-0.2, 0) is 18.4 Å². The predicted octanol–water partition coefficient (Wildman–Crippen LogP) is 6.27. The number of amides is 1. The number of nitrogens with one attached hydrogen (secondary N) is 1. The number of likely N-dealkylation sites (N-methyl/N-ethyl adjacent to an activating group) is 1. The molecule has 8 nitrogen and oxygen atoms in total. The quantitative estimate of drug-likeness (QED) is 0.0517. The van der Waals surface area contributed by atoms with Crippen molar-refractivity contribution in [3.05, 3.63) is 12.2 Å². The molecule has 0 radical (unpaired) electrons. The summed E-state index contributed by atoms with van der Waals surface area (Å²) in [6, 6.07) is -0.874. The number of hydrogen-bond donors (Lipinski definition) is 2. The van der Waals surface area contributed by atoms with Crippen molar-refractivity contribution >= 4 is 13.7 Å². The van der Waals surface area contributed by atoms with Crippen LogP contribution in [0.2, 0.25) is 0 Å². The molecule has 0 aromatic carbocycles. The van der Waals surface area contributed by atoms with Crippen LogP contribution in [0.3, 0.4) is 0 Å². The molecular weight excluding hydrogens is 515 g/mol. The molecule has 0 aliphatic carbocycles. The third-order valence-electron chi connectivity index (χ3n) is 6.75. The number of aliphatic hydroxyl groups is 1. The third kappa shape index (κ3) is 25.9. The third-order valence-corrected chi connectivity index (χ3v) is 7.71. The molecule has 2 N–H and O–H groups in total. The van der Waals surface area contributed by atoms with E-state index in [4.69, 9.17) is 9.05 Å². The van der Waals surface area contributed by atoms with Crippen molar-refractivity contribution < 1.29 is 32.9 Å². The minimum atomic E-state index is -4.55. The lowest BCUT2D eigenvalue weighted by molar-refractivity contribution is -0.870. The highest BCUT2D eigenvalue weighted by molar-refractivity contribution is 7.45. The summed E-state index contributed by atoms with van der Waals surface area (Å²) in [5.41, 5.74) is 0. The smallest absolute Gasteiger partial charge is 0.268 e. The zero-order chi connectivity index (χ0) is 29.4. The van der Waals surface area contributed by atoms with Crippen LogP contribution in [0.15, 0.2) is 12.2 Å². The van der Waals surface area contributed by atoms with E-state index in [1.807, 2.05) is 34.1 Å². The van der Waals surface area contributed by atoms with Crippen LogP contribution < -0.4 is 10.2 Å². The van der Waals surface area contributed by atoms with Crippen LogP contribution in [0.4, 0.5) is 0 Å². The number of nitrogens with zero attached hydrogens (tertiary/aromatic N) is 1. The van der Waals surface area contributed by atoms with Gasteiger partial charge in [-0.2, -0.15) is 0 Å². The molecule has 3 unspecified atom stereocenters. The summed E-state index contributed by atoms with van der Waals surface area (Å²) in [6.45, 7) is 4.36. The summed E-state index contributed by atoms with van der Waals surface area (Å²) in [5, 5.41) is 13.4. The lowest BCUT2D eigenvalue weighted by Gasteiger charge is -2.29. The molecule has 0 bridgehead atoms. The zero-order valence-electron chi connectivity index (χ0n) is 25.8. The molecule has 0 aromatic heterocycles. The highest BCUT2D eigenvalue weighted by Gasteiger charge is 2.23. The van der Waals surface area contributed by atoms with Gasteiger partial charge in [0.25, 0.3) is 7.82 Å². The van der Waals surface area contributed by atoms with Crippen LogP contribution in [0.25, 0.3) is 0 Å². The number of unbranched alkanes of at least 4 members (excludes halogenated alkanes) is 14. The van der Waals surface area contributed by atoms with E-state index in [9.17, 15) is 19.4 Å². The summed E-state index contributed by atoms with van der Waals surface area (Å²) < 4.78 is 22.7. The Kier molecular flexibility index (Phi) is 23.4. The van der Waals surface area contributed by atoms with E-state index in [1.54, 1.807) is 6.08 Å². The number of carbonyl (C=O) groups excluding carboxylic acids is 1. The Morgan fingerprint density at radius 1 is 0.872 bits per heavy atom. The van der Waals surface area contributed by atoms with Gasteiger partial charge in [-0.3, -0.25) is 9.36 Å². The first-order valence-corrected chi connectivity index (χ1v) is 17.0. The maximum absolute atomic E-state index is 12.3. The average Bonchev–Trinajstić information content (AvgIpc) is 2.86. The lowest BCUT2D eigenvalue weighted by atomic mass is 10.0. The summed E-state index contributed by atoms with van der Waals surface area (Å²) in [4.78, 5) is 24.4. The van der Waals surface area contributed by atoms with Crippen molar-refractivity contribution in [2.45, 2.75) is 135 Å². The minimum absolute atomic E-state index is 0.000610. The Morgan fingerprint density at radius 3 is 1.90 bits per heavy atom. The minimum Gasteiger partial charge on any atom is -0.756 e. The van der Waals surface area contributed by atoms with E-state index in [0.717, 1.165) is 32.1 Å². The molecule has 0 aliphatic heterocycles. The largest absolute Gasteiger partial charge is 0.756 e. The van der Waals surface area contributed by atoms with Crippen LogP contribution in [0.5, 0.6) is 0 Å². The molecule has 0 fully saturated rings. The first-order chi connectivity index (χ1) is 18.5. The van der Waals surface area contributed by atoms with Gasteiger partial charge < -0.3 is 28.8 Å². The van der Waals surface area contributed by atoms with E-state index in [1.165, 1.54) is 70.6 Å². The monoisotopic (exact) mass is 576 g/mol. The number of hydrogen-bond acceptors (Lipinski definition) is 6. The van der Waals surface area contributed by atoms with Crippen molar-refractivity contribution in [2.75, 3.05) is 40.9 Å². The normalized spacial score (nSPS) is 15.4. The van der Waals surface area contributed by atoms with Crippen molar-refractivity contribution in [2.24, 2.45) is 0 Å². The standard InChI is InChI=1S/C30H61N2O6P/c1-6-8-10-11-12-13-14-15-16-17-18-19-20-21-22-23-29(33)28(31-30(34)24-9-7-2)27-38-39(35,36)37-26-25-32(3,4)5/h22-23,28-29,33H,6-21,24-27H2,1-5H3,(H-,31,34,35,36)/b23-22+. The van der Waals surface area contributed by atoms with Gasteiger partial charge in [-0.25, -0.2) is 0 Å². The molecule has 0 saturated carbocycles. The number of allylic oxidation sites excluding steroid dienone is 1. The SMILES string of the molecule is CCCCCCCCCCCCCCC/C=C/C(O)C(COP(=O)([O-])OCC[N+](C)(C)C)NC(=O)CCCC. The zero-order valence-corrected chi connectivity index (χ0v) is 26.7. The molecular formula is C30H61N2O6P. The van der Waals surface area contributed by atoms with Crippen LogP contribution >= 0.6 is 7.82 Å². The van der Waals surface area contributed by atoms with Gasteiger partial charge in [0.1, 0.15) is 13.2 Å². The van der Waals surface area contributed by atoms with Gasteiger partial charge >= 0.3 is 0 Å². The molecule has 0 rings (SSSR count). The van der Waals surface area contributed by atoms with Gasteiger partial charge in [-0.1, -0.05) is 109 Å². The molecule has 0 spiro atoms. The second-order valence-electron chi connectivity index (χ2n) is 11.8. The number of carbonyl (C=O) groups is 1. The molecule has 0 aliphatic rings. The Bertz CT molecular complexity index is 668. The average molecular weight is 577 g/mol. The van der Waals surface area contributed by atoms with E-state index in [-0.39, 0.29) is 19.1 Å². The molecule has 3 atom stereocenters. The van der Waals surface area contributed by atoms with E-state index in [0.29, 0.717) is 17.4 Å². The van der Waals surface area contributed by atoms with Crippen molar-refractivity contribution in [1.82, 2.24) is 5.32 Å². The molecule has 1 amide bonds. The van der Waals surface area contributed by atoms with Crippen molar-refractivity contribution in [1.29, 1.82) is 0 Å². The summed E-state index contributed by atoms with van der Waals surface area (Å²) >= 11 is 0. The van der Waals surface area contributed by atoms with Gasteiger partial charge in [0, 0.05) is 6.42 Å². The second kappa shape index (κ2) is 23.9. The van der Waals surface area contributed by atoms with Crippen LogP contribution in [0.1, 0.15) is 123 Å². The van der Waals surface area contributed by atoms with Crippen LogP contribution in [0, 0.1) is 0 Å². The Labute approximate surface area is 240 Å². The Hall–Kier alpha value is -0.760. The first kappa shape index (κ1) is 38.2. The molecule has 232 valence electrons. The highest BCUT2D eigenvalue weighted by atomic mass is 31.2. The molecule has 39 heavy (non-hydrogen) atoms. The number of phosphoric ester groups is 1. The Morgan fingerprint density at radius 2 is 1.38 bits per heavy atom.